The van der Waals surface area contributed by atoms with Gasteiger partial charge in [-0.2, -0.15) is 9.64 Å². The van der Waals surface area contributed by atoms with Gasteiger partial charge >= 0.3 is 0 Å². The second kappa shape index (κ2) is 4.67. The van der Waals surface area contributed by atoms with Crippen LogP contribution >= 0.6 is 11.5 Å². The summed E-state index contributed by atoms with van der Waals surface area (Å²) in [4.78, 5) is 4.29. The van der Waals surface area contributed by atoms with Gasteiger partial charge < -0.3 is 5.32 Å². The summed E-state index contributed by atoms with van der Waals surface area (Å²) < 4.78 is 4.14. The second-order valence-corrected chi connectivity index (χ2v) is 4.84. The van der Waals surface area contributed by atoms with Crippen LogP contribution in [0.2, 0.25) is 0 Å². The number of aryl methyl sites for hydroxylation is 1. The van der Waals surface area contributed by atoms with Gasteiger partial charge in [0.1, 0.15) is 5.82 Å². The Labute approximate surface area is 114 Å². The van der Waals surface area contributed by atoms with E-state index in [1.807, 2.05) is 43.3 Å². The third-order valence-electron chi connectivity index (χ3n) is 2.81. The van der Waals surface area contributed by atoms with E-state index in [0.717, 1.165) is 27.4 Å². The van der Waals surface area contributed by atoms with Gasteiger partial charge in [0.05, 0.1) is 11.6 Å². The van der Waals surface area contributed by atoms with Gasteiger partial charge in [-0.3, -0.25) is 0 Å². The number of hydrogen-bond donors (Lipinski definition) is 1. The lowest BCUT2D eigenvalue weighted by Gasteiger charge is -2.08. The molecular weight excluding hydrogens is 256 g/mol. The molecule has 2 aromatic carbocycles. The van der Waals surface area contributed by atoms with Crippen LogP contribution in [0.25, 0.3) is 10.8 Å². The first-order chi connectivity index (χ1) is 9.28. The number of nitrogens with zero attached hydrogens (tertiary/aromatic N) is 3. The van der Waals surface area contributed by atoms with E-state index in [0.29, 0.717) is 5.56 Å². The zero-order valence-corrected chi connectivity index (χ0v) is 11.0. The standard InChI is InChI=1S/C14H10N4S/c1-9-16-14(19-18-9)17-13-7-6-10(8-15)11-4-2-3-5-12(11)13/h2-7H,1H3,(H,16,17,18). The Bertz CT molecular complexity index is 785. The summed E-state index contributed by atoms with van der Waals surface area (Å²) in [5.74, 6) is 0.755. The van der Waals surface area contributed by atoms with Crippen molar-refractivity contribution in [2.75, 3.05) is 5.32 Å². The van der Waals surface area contributed by atoms with Crippen LogP contribution in [0.3, 0.4) is 0 Å². The molecule has 0 atom stereocenters. The Morgan fingerprint density at radius 1 is 1.16 bits per heavy atom. The van der Waals surface area contributed by atoms with Crippen LogP contribution in [0.1, 0.15) is 11.4 Å². The van der Waals surface area contributed by atoms with E-state index in [2.05, 4.69) is 20.7 Å². The lowest BCUT2D eigenvalue weighted by atomic mass is 10.0. The number of nitriles is 1. The number of benzene rings is 2. The summed E-state index contributed by atoms with van der Waals surface area (Å²) in [6, 6.07) is 13.8. The number of aromatic nitrogens is 2. The summed E-state index contributed by atoms with van der Waals surface area (Å²) in [6.45, 7) is 1.86. The third-order valence-corrected chi connectivity index (χ3v) is 3.54. The molecule has 0 unspecified atom stereocenters. The topological polar surface area (TPSA) is 61.6 Å². The highest BCUT2D eigenvalue weighted by Crippen LogP contribution is 2.29. The summed E-state index contributed by atoms with van der Waals surface area (Å²) in [5.41, 5.74) is 1.61. The normalized spacial score (nSPS) is 10.3. The maximum Gasteiger partial charge on any atom is 0.207 e. The lowest BCUT2D eigenvalue weighted by molar-refractivity contribution is 1.17. The van der Waals surface area contributed by atoms with Gasteiger partial charge in [0, 0.05) is 28.0 Å². The molecule has 0 saturated carbocycles. The summed E-state index contributed by atoms with van der Waals surface area (Å²) in [7, 11) is 0. The van der Waals surface area contributed by atoms with Crippen LogP contribution < -0.4 is 5.32 Å². The fourth-order valence-electron chi connectivity index (χ4n) is 1.97. The summed E-state index contributed by atoms with van der Waals surface area (Å²) >= 11 is 1.33. The molecule has 1 aromatic heterocycles. The zero-order valence-electron chi connectivity index (χ0n) is 10.2. The van der Waals surface area contributed by atoms with E-state index in [4.69, 9.17) is 5.26 Å². The Kier molecular flexibility index (Phi) is 2.86. The Hall–Kier alpha value is -2.45. The Morgan fingerprint density at radius 2 is 1.95 bits per heavy atom. The van der Waals surface area contributed by atoms with Gasteiger partial charge in [-0.15, -0.1) is 0 Å². The van der Waals surface area contributed by atoms with Crippen molar-refractivity contribution in [1.82, 2.24) is 9.36 Å². The molecule has 4 nitrogen and oxygen atoms in total. The van der Waals surface area contributed by atoms with Crippen LogP contribution in [0.15, 0.2) is 36.4 Å². The molecule has 3 aromatic rings. The van der Waals surface area contributed by atoms with Crippen molar-refractivity contribution in [3.63, 3.8) is 0 Å². The molecule has 0 aliphatic heterocycles. The highest BCUT2D eigenvalue weighted by molar-refractivity contribution is 7.09. The van der Waals surface area contributed by atoms with Crippen LogP contribution in [-0.2, 0) is 0 Å². The minimum absolute atomic E-state index is 0.676. The molecule has 19 heavy (non-hydrogen) atoms. The van der Waals surface area contributed by atoms with E-state index in [1.54, 1.807) is 0 Å². The van der Waals surface area contributed by atoms with Crippen LogP contribution in [0.4, 0.5) is 10.8 Å². The quantitative estimate of drug-likeness (QED) is 0.769. The Morgan fingerprint density at radius 3 is 2.63 bits per heavy atom. The number of rotatable bonds is 2. The molecule has 1 N–H and O–H groups in total. The predicted molar refractivity (Wildman–Crippen MR) is 76.6 cm³/mol. The summed E-state index contributed by atoms with van der Waals surface area (Å²) in [6.07, 6.45) is 0. The number of nitrogens with one attached hydrogen (secondary N) is 1. The highest BCUT2D eigenvalue weighted by Gasteiger charge is 2.07. The predicted octanol–water partition coefficient (Wildman–Crippen LogP) is 3.62. The fourth-order valence-corrected chi connectivity index (χ4v) is 2.56. The third kappa shape index (κ3) is 2.14. The maximum absolute atomic E-state index is 9.13. The smallest absolute Gasteiger partial charge is 0.207 e. The zero-order chi connectivity index (χ0) is 13.2. The van der Waals surface area contributed by atoms with E-state index >= 15 is 0 Å². The van der Waals surface area contributed by atoms with Crippen molar-refractivity contribution < 1.29 is 0 Å². The summed E-state index contributed by atoms with van der Waals surface area (Å²) in [5, 5.41) is 15.1. The first-order valence-corrected chi connectivity index (χ1v) is 6.54. The highest BCUT2D eigenvalue weighted by atomic mass is 32.1. The van der Waals surface area contributed by atoms with Gasteiger partial charge in [0.15, 0.2) is 0 Å². The largest absolute Gasteiger partial charge is 0.330 e. The molecule has 0 radical (unpaired) electrons. The van der Waals surface area contributed by atoms with Crippen molar-refractivity contribution >= 4 is 33.1 Å². The molecule has 0 bridgehead atoms. The minimum atomic E-state index is 0.676. The van der Waals surface area contributed by atoms with Gasteiger partial charge in [0.2, 0.25) is 5.13 Å². The van der Waals surface area contributed by atoms with Crippen molar-refractivity contribution in [2.24, 2.45) is 0 Å². The van der Waals surface area contributed by atoms with Gasteiger partial charge in [-0.05, 0) is 19.1 Å². The number of hydrogen-bond acceptors (Lipinski definition) is 5. The van der Waals surface area contributed by atoms with Crippen LogP contribution in [0, 0.1) is 18.3 Å². The molecule has 0 saturated heterocycles. The average Bonchev–Trinajstić information content (AvgIpc) is 2.85. The van der Waals surface area contributed by atoms with Crippen LogP contribution in [0.5, 0.6) is 0 Å². The van der Waals surface area contributed by atoms with Crippen LogP contribution in [-0.4, -0.2) is 9.36 Å². The molecule has 0 spiro atoms. The van der Waals surface area contributed by atoms with Crippen molar-refractivity contribution in [2.45, 2.75) is 6.92 Å². The molecule has 1 heterocycles. The molecule has 0 aliphatic rings. The van der Waals surface area contributed by atoms with Gasteiger partial charge in [-0.25, -0.2) is 4.98 Å². The molecule has 0 aliphatic carbocycles. The van der Waals surface area contributed by atoms with E-state index < -0.39 is 0 Å². The molecule has 0 fully saturated rings. The van der Waals surface area contributed by atoms with Crippen molar-refractivity contribution in [3.05, 3.63) is 47.8 Å². The van der Waals surface area contributed by atoms with Crippen molar-refractivity contribution in [1.29, 1.82) is 5.26 Å². The molecule has 0 amide bonds. The van der Waals surface area contributed by atoms with Gasteiger partial charge in [-0.1, -0.05) is 24.3 Å². The average molecular weight is 266 g/mol. The fraction of sp³-hybridized carbons (Fsp3) is 0.0714. The number of anilines is 2. The molecule has 92 valence electrons. The SMILES string of the molecule is Cc1nsc(Nc2ccc(C#N)c3ccccc23)n1. The lowest BCUT2D eigenvalue weighted by Crippen LogP contribution is -1.92. The molecule has 3 rings (SSSR count). The van der Waals surface area contributed by atoms with Crippen molar-refractivity contribution in [3.8, 4) is 6.07 Å². The molecule has 5 heteroatoms. The van der Waals surface area contributed by atoms with E-state index in [1.165, 1.54) is 11.5 Å². The molecular formula is C14H10N4S. The second-order valence-electron chi connectivity index (χ2n) is 4.09. The van der Waals surface area contributed by atoms with Gasteiger partial charge in [0.25, 0.3) is 0 Å². The maximum atomic E-state index is 9.13. The van der Waals surface area contributed by atoms with E-state index in [-0.39, 0.29) is 0 Å². The number of fused-ring (bicyclic) bond motifs is 1. The van der Waals surface area contributed by atoms with E-state index in [9.17, 15) is 0 Å². The first-order valence-electron chi connectivity index (χ1n) is 5.77. The Balaban J connectivity index is 2.12. The monoisotopic (exact) mass is 266 g/mol. The first kappa shape index (κ1) is 11.6. The minimum Gasteiger partial charge on any atom is -0.330 e.